The van der Waals surface area contributed by atoms with Crippen LogP contribution in [0.3, 0.4) is 0 Å². The molecule has 0 aliphatic heterocycles. The lowest BCUT2D eigenvalue weighted by Gasteiger charge is -2.12. The first-order chi connectivity index (χ1) is 15.0. The second-order valence-electron chi connectivity index (χ2n) is 6.55. The first-order valence-corrected chi connectivity index (χ1v) is 9.52. The van der Waals surface area contributed by atoms with Crippen molar-refractivity contribution in [2.45, 2.75) is 6.42 Å². The van der Waals surface area contributed by atoms with Gasteiger partial charge in [-0.1, -0.05) is 24.3 Å². The number of carbonyl (C=O) groups excluding carboxylic acids is 1. The fraction of sp³-hybridized carbons (Fsp3) is 0.174. The third-order valence-electron chi connectivity index (χ3n) is 4.54. The number of methoxy groups -OCH3 is 2. The van der Waals surface area contributed by atoms with Crippen molar-refractivity contribution < 1.29 is 23.9 Å². The molecule has 0 radical (unpaired) electrons. The molecule has 160 valence electrons. The van der Waals surface area contributed by atoms with Gasteiger partial charge in [0.05, 0.1) is 24.7 Å². The normalized spacial score (nSPS) is 10.3. The Morgan fingerprint density at radius 1 is 0.935 bits per heavy atom. The number of nitrogens with zero attached hydrogens (tertiary/aromatic N) is 1. The van der Waals surface area contributed by atoms with E-state index < -0.39 is 10.8 Å². The number of rotatable bonds is 9. The number of carbonyl (C=O) groups is 1. The topological polar surface area (TPSA) is 99.9 Å². The van der Waals surface area contributed by atoms with Crippen LogP contribution in [0.1, 0.15) is 15.9 Å². The van der Waals surface area contributed by atoms with Crippen molar-refractivity contribution in [1.29, 1.82) is 0 Å². The molecule has 0 unspecified atom stereocenters. The molecule has 8 heteroatoms. The Hall–Kier alpha value is -4.07. The molecule has 0 aliphatic rings. The first kappa shape index (κ1) is 21.6. The molecule has 3 rings (SSSR count). The van der Waals surface area contributed by atoms with Crippen LogP contribution in [0.15, 0.2) is 66.7 Å². The smallest absolute Gasteiger partial charge is 0.270 e. The Balaban J connectivity index is 1.73. The molecule has 0 saturated carbocycles. The highest BCUT2D eigenvalue weighted by atomic mass is 16.6. The second kappa shape index (κ2) is 10.1. The van der Waals surface area contributed by atoms with Crippen LogP contribution in [-0.4, -0.2) is 31.6 Å². The van der Waals surface area contributed by atoms with Crippen molar-refractivity contribution in [1.82, 2.24) is 5.32 Å². The highest BCUT2D eigenvalue weighted by Gasteiger charge is 2.18. The van der Waals surface area contributed by atoms with E-state index in [4.69, 9.17) is 14.2 Å². The molecule has 0 aliphatic carbocycles. The predicted molar refractivity (Wildman–Crippen MR) is 115 cm³/mol. The van der Waals surface area contributed by atoms with Crippen molar-refractivity contribution in [3.8, 4) is 23.0 Å². The van der Waals surface area contributed by atoms with E-state index in [2.05, 4.69) is 5.32 Å². The minimum atomic E-state index is -0.549. The van der Waals surface area contributed by atoms with E-state index >= 15 is 0 Å². The molecule has 31 heavy (non-hydrogen) atoms. The number of hydrogen-bond acceptors (Lipinski definition) is 6. The lowest BCUT2D eigenvalue weighted by Crippen LogP contribution is -2.26. The first-order valence-electron chi connectivity index (χ1n) is 9.52. The van der Waals surface area contributed by atoms with E-state index in [-0.39, 0.29) is 17.0 Å². The summed E-state index contributed by atoms with van der Waals surface area (Å²) in [6, 6.07) is 18.4. The van der Waals surface area contributed by atoms with E-state index in [1.165, 1.54) is 18.2 Å². The van der Waals surface area contributed by atoms with Crippen LogP contribution in [0.4, 0.5) is 5.69 Å². The molecule has 0 spiro atoms. The fourth-order valence-corrected chi connectivity index (χ4v) is 2.97. The number of nitro benzene ring substituents is 1. The molecule has 0 bridgehead atoms. The van der Waals surface area contributed by atoms with Gasteiger partial charge in [-0.15, -0.1) is 0 Å². The third-order valence-corrected chi connectivity index (χ3v) is 4.54. The molecule has 0 heterocycles. The minimum absolute atomic E-state index is 0.0883. The van der Waals surface area contributed by atoms with Crippen LogP contribution in [-0.2, 0) is 6.42 Å². The van der Waals surface area contributed by atoms with Crippen LogP contribution in [0.5, 0.6) is 23.0 Å². The number of nitro groups is 1. The van der Waals surface area contributed by atoms with Gasteiger partial charge in [0.15, 0.2) is 11.5 Å². The maximum atomic E-state index is 12.8. The zero-order valence-electron chi connectivity index (χ0n) is 17.2. The maximum absolute atomic E-state index is 12.8. The summed E-state index contributed by atoms with van der Waals surface area (Å²) in [4.78, 5) is 23.4. The molecule has 3 aromatic carbocycles. The predicted octanol–water partition coefficient (Wildman–Crippen LogP) is 4.38. The van der Waals surface area contributed by atoms with Gasteiger partial charge in [0.25, 0.3) is 11.6 Å². The third kappa shape index (κ3) is 5.51. The highest BCUT2D eigenvalue weighted by molar-refractivity contribution is 5.97. The van der Waals surface area contributed by atoms with Crippen LogP contribution in [0.2, 0.25) is 0 Å². The molecule has 0 aromatic heterocycles. The van der Waals surface area contributed by atoms with Gasteiger partial charge in [-0.3, -0.25) is 14.9 Å². The number of non-ortho nitro benzene ring substituents is 1. The van der Waals surface area contributed by atoms with Crippen LogP contribution in [0.25, 0.3) is 0 Å². The molecule has 8 nitrogen and oxygen atoms in total. The van der Waals surface area contributed by atoms with Crippen LogP contribution >= 0.6 is 0 Å². The Bertz CT molecular complexity index is 1070. The largest absolute Gasteiger partial charge is 0.493 e. The molecule has 0 fully saturated rings. The quantitative estimate of drug-likeness (QED) is 0.406. The molecule has 1 amide bonds. The molecular weight excluding hydrogens is 400 g/mol. The Morgan fingerprint density at radius 2 is 1.65 bits per heavy atom. The number of amides is 1. The van der Waals surface area contributed by atoms with Gasteiger partial charge in [0.1, 0.15) is 11.5 Å². The van der Waals surface area contributed by atoms with Gasteiger partial charge in [-0.2, -0.15) is 0 Å². The summed E-state index contributed by atoms with van der Waals surface area (Å²) < 4.78 is 16.3. The van der Waals surface area contributed by atoms with Crippen LogP contribution in [0, 0.1) is 10.1 Å². The summed E-state index contributed by atoms with van der Waals surface area (Å²) in [6.45, 7) is 0.321. The van der Waals surface area contributed by atoms with E-state index in [1.807, 2.05) is 18.2 Å². The van der Waals surface area contributed by atoms with E-state index in [0.717, 1.165) is 5.56 Å². The Labute approximate surface area is 179 Å². The summed E-state index contributed by atoms with van der Waals surface area (Å²) in [5, 5.41) is 14.0. The van der Waals surface area contributed by atoms with Crippen molar-refractivity contribution >= 4 is 11.6 Å². The molecule has 0 atom stereocenters. The van der Waals surface area contributed by atoms with Gasteiger partial charge in [-0.25, -0.2) is 0 Å². The van der Waals surface area contributed by atoms with Gasteiger partial charge < -0.3 is 19.5 Å². The average Bonchev–Trinajstić information content (AvgIpc) is 2.79. The SMILES string of the molecule is COc1ccc(CCNC(=O)c2cc([N+](=O)[O-])ccc2Oc2ccccc2)cc1OC. The van der Waals surface area contributed by atoms with Gasteiger partial charge >= 0.3 is 0 Å². The number of para-hydroxylation sites is 1. The van der Waals surface area contributed by atoms with Gasteiger partial charge in [0, 0.05) is 18.7 Å². The maximum Gasteiger partial charge on any atom is 0.270 e. The number of nitrogens with one attached hydrogen (secondary N) is 1. The lowest BCUT2D eigenvalue weighted by molar-refractivity contribution is -0.384. The minimum Gasteiger partial charge on any atom is -0.493 e. The zero-order valence-corrected chi connectivity index (χ0v) is 17.2. The molecule has 3 aromatic rings. The standard InChI is InChI=1S/C23H22N2O6/c1-29-21-10-8-16(14-22(21)30-2)12-13-24-23(26)19-15-17(25(27)28)9-11-20(19)31-18-6-4-3-5-7-18/h3-11,14-15H,12-13H2,1-2H3,(H,24,26). The van der Waals surface area contributed by atoms with Gasteiger partial charge in [0.2, 0.25) is 0 Å². The molecule has 0 saturated heterocycles. The van der Waals surface area contributed by atoms with Crippen LogP contribution < -0.4 is 19.5 Å². The monoisotopic (exact) mass is 422 g/mol. The summed E-state index contributed by atoms with van der Waals surface area (Å²) in [6.07, 6.45) is 0.538. The van der Waals surface area contributed by atoms with Crippen molar-refractivity contribution in [2.75, 3.05) is 20.8 Å². The number of ether oxygens (including phenoxy) is 3. The zero-order chi connectivity index (χ0) is 22.2. The van der Waals surface area contributed by atoms with E-state index in [1.54, 1.807) is 44.6 Å². The van der Waals surface area contributed by atoms with Gasteiger partial charge in [-0.05, 0) is 42.3 Å². The fourth-order valence-electron chi connectivity index (χ4n) is 2.97. The lowest BCUT2D eigenvalue weighted by atomic mass is 10.1. The average molecular weight is 422 g/mol. The summed E-state index contributed by atoms with van der Waals surface area (Å²) in [7, 11) is 3.12. The van der Waals surface area contributed by atoms with E-state index in [9.17, 15) is 14.9 Å². The van der Waals surface area contributed by atoms with E-state index in [0.29, 0.717) is 30.2 Å². The second-order valence-corrected chi connectivity index (χ2v) is 6.55. The van der Waals surface area contributed by atoms with Crippen molar-refractivity contribution in [2.24, 2.45) is 0 Å². The molecular formula is C23H22N2O6. The summed E-state index contributed by atoms with van der Waals surface area (Å²) in [5.41, 5.74) is 0.841. The van der Waals surface area contributed by atoms with Crippen molar-refractivity contribution in [3.63, 3.8) is 0 Å². The highest BCUT2D eigenvalue weighted by Crippen LogP contribution is 2.29. The number of hydrogen-bond donors (Lipinski definition) is 1. The Kier molecular flexibility index (Phi) is 7.05. The summed E-state index contributed by atoms with van der Waals surface area (Å²) >= 11 is 0. The summed E-state index contributed by atoms with van der Waals surface area (Å²) in [5.74, 6) is 1.52. The Morgan fingerprint density at radius 3 is 2.32 bits per heavy atom. The number of benzene rings is 3. The molecule has 1 N–H and O–H groups in total. The van der Waals surface area contributed by atoms with Crippen molar-refractivity contribution in [3.05, 3.63) is 88.0 Å².